The Labute approximate surface area is 113 Å². The molecule has 0 saturated carbocycles. The molecule has 0 spiro atoms. The Morgan fingerprint density at radius 3 is 2.79 bits per heavy atom. The van der Waals surface area contributed by atoms with Gasteiger partial charge in [-0.15, -0.1) is 0 Å². The van der Waals surface area contributed by atoms with Crippen molar-refractivity contribution in [2.45, 2.75) is 45.8 Å². The zero-order valence-electron chi connectivity index (χ0n) is 11.9. The van der Waals surface area contributed by atoms with Crippen LogP contribution in [0.1, 0.15) is 34.1 Å². The first-order chi connectivity index (χ1) is 8.78. The topological polar surface area (TPSA) is 55.8 Å². The van der Waals surface area contributed by atoms with E-state index in [1.807, 2.05) is 26.8 Å². The average Bonchev–Trinajstić information content (AvgIpc) is 2.27. The third kappa shape index (κ3) is 3.08. The third-order valence-corrected chi connectivity index (χ3v) is 3.50. The van der Waals surface area contributed by atoms with E-state index in [1.165, 1.54) is 0 Å². The molecule has 0 unspecified atom stereocenters. The van der Waals surface area contributed by atoms with E-state index in [2.05, 4.69) is 6.92 Å². The fourth-order valence-electron chi connectivity index (χ4n) is 2.50. The molecule has 2 aliphatic rings. The first-order valence-corrected chi connectivity index (χ1v) is 6.63. The van der Waals surface area contributed by atoms with Crippen molar-refractivity contribution in [1.29, 1.82) is 0 Å². The maximum Gasteiger partial charge on any atom is 0.414 e. The minimum absolute atomic E-state index is 0.110. The summed E-state index contributed by atoms with van der Waals surface area (Å²) >= 11 is 0. The van der Waals surface area contributed by atoms with Gasteiger partial charge < -0.3 is 9.47 Å². The number of nitrogens with zero attached hydrogens (tertiary/aromatic N) is 1. The van der Waals surface area contributed by atoms with Crippen molar-refractivity contribution < 1.29 is 19.1 Å². The van der Waals surface area contributed by atoms with E-state index >= 15 is 0 Å². The highest BCUT2D eigenvalue weighted by atomic mass is 16.6. The number of rotatable bonds is 0. The van der Waals surface area contributed by atoms with Crippen LogP contribution in [0.5, 0.6) is 0 Å². The lowest BCUT2D eigenvalue weighted by Gasteiger charge is -2.42. The number of esters is 1. The Morgan fingerprint density at radius 2 is 2.16 bits per heavy atom. The van der Waals surface area contributed by atoms with Crippen molar-refractivity contribution in [3.63, 3.8) is 0 Å². The fourth-order valence-corrected chi connectivity index (χ4v) is 2.50. The molecule has 2 rings (SSSR count). The summed E-state index contributed by atoms with van der Waals surface area (Å²) in [5.74, 6) is 0.183. The maximum atomic E-state index is 12.2. The molecule has 2 aliphatic heterocycles. The van der Waals surface area contributed by atoms with Crippen LogP contribution in [-0.2, 0) is 14.3 Å². The number of carbonyl (C=O) groups is 2. The average molecular weight is 267 g/mol. The van der Waals surface area contributed by atoms with Gasteiger partial charge in [-0.25, -0.2) is 4.79 Å². The van der Waals surface area contributed by atoms with Gasteiger partial charge in [-0.2, -0.15) is 0 Å². The number of fused-ring (bicyclic) bond motifs is 1. The van der Waals surface area contributed by atoms with Gasteiger partial charge in [-0.1, -0.05) is 13.0 Å². The molecular weight excluding hydrogens is 246 g/mol. The molecule has 106 valence electrons. The van der Waals surface area contributed by atoms with E-state index in [-0.39, 0.29) is 36.5 Å². The predicted octanol–water partition coefficient (Wildman–Crippen LogP) is 2.32. The number of ether oxygens (including phenoxy) is 2. The largest absolute Gasteiger partial charge is 0.463 e. The van der Waals surface area contributed by atoms with Crippen LogP contribution in [0.15, 0.2) is 12.3 Å². The predicted molar refractivity (Wildman–Crippen MR) is 69.2 cm³/mol. The molecule has 0 bridgehead atoms. The minimum atomic E-state index is -0.533. The lowest BCUT2D eigenvalue weighted by molar-refractivity contribution is -0.154. The van der Waals surface area contributed by atoms with Gasteiger partial charge in [0.15, 0.2) is 0 Å². The molecule has 0 aromatic rings. The molecule has 3 atom stereocenters. The Balaban J connectivity index is 2.15. The lowest BCUT2D eigenvalue weighted by Crippen LogP contribution is -2.52. The van der Waals surface area contributed by atoms with E-state index in [4.69, 9.17) is 9.47 Å². The molecule has 2 heterocycles. The smallest absolute Gasteiger partial charge is 0.414 e. The minimum Gasteiger partial charge on any atom is -0.463 e. The second-order valence-electron chi connectivity index (χ2n) is 6.21. The van der Waals surface area contributed by atoms with Gasteiger partial charge in [0, 0.05) is 6.20 Å². The standard InChI is InChI=1S/C14H21NO4/c1-9-5-6-15(13(17)19-14(2,3)4)11-8-18-12(16)7-10(9)11/h5-6,9-11H,7-8H2,1-4H3/t9-,10-,11+/m0/s1. The monoisotopic (exact) mass is 267 g/mol. The van der Waals surface area contributed by atoms with Crippen LogP contribution >= 0.6 is 0 Å². The molecule has 1 saturated heterocycles. The molecular formula is C14H21NO4. The summed E-state index contributed by atoms with van der Waals surface area (Å²) in [4.78, 5) is 25.1. The molecule has 1 amide bonds. The molecule has 0 radical (unpaired) electrons. The maximum absolute atomic E-state index is 12.2. The van der Waals surface area contributed by atoms with E-state index in [0.717, 1.165) is 0 Å². The lowest BCUT2D eigenvalue weighted by atomic mass is 9.81. The van der Waals surface area contributed by atoms with Crippen molar-refractivity contribution in [2.24, 2.45) is 11.8 Å². The second kappa shape index (κ2) is 4.87. The van der Waals surface area contributed by atoms with Crippen LogP contribution in [-0.4, -0.2) is 35.2 Å². The molecule has 0 aromatic heterocycles. The summed E-state index contributed by atoms with van der Waals surface area (Å²) in [6, 6.07) is -0.118. The SMILES string of the molecule is C[C@H]1C=CN(C(=O)OC(C)(C)C)[C@@H]2COC(=O)C[C@H]21. The Bertz CT molecular complexity index is 410. The van der Waals surface area contributed by atoms with Crippen molar-refractivity contribution in [2.75, 3.05) is 6.61 Å². The Hall–Kier alpha value is -1.52. The molecule has 5 nitrogen and oxygen atoms in total. The number of carbonyl (C=O) groups excluding carboxylic acids is 2. The molecule has 5 heteroatoms. The molecule has 0 N–H and O–H groups in total. The highest BCUT2D eigenvalue weighted by Crippen LogP contribution is 2.33. The van der Waals surface area contributed by atoms with Crippen LogP contribution in [0.3, 0.4) is 0 Å². The van der Waals surface area contributed by atoms with Crippen LogP contribution < -0.4 is 0 Å². The molecule has 19 heavy (non-hydrogen) atoms. The summed E-state index contributed by atoms with van der Waals surface area (Å²) < 4.78 is 10.5. The molecule has 1 fully saturated rings. The van der Waals surface area contributed by atoms with E-state index in [0.29, 0.717) is 6.42 Å². The third-order valence-electron chi connectivity index (χ3n) is 3.50. The number of amides is 1. The molecule has 0 aromatic carbocycles. The number of hydrogen-bond donors (Lipinski definition) is 0. The van der Waals surface area contributed by atoms with E-state index in [1.54, 1.807) is 11.1 Å². The van der Waals surface area contributed by atoms with Gasteiger partial charge in [0.05, 0.1) is 12.5 Å². The zero-order valence-corrected chi connectivity index (χ0v) is 11.9. The molecule has 0 aliphatic carbocycles. The van der Waals surface area contributed by atoms with Gasteiger partial charge in [0.1, 0.15) is 12.2 Å². The quantitative estimate of drug-likeness (QED) is 0.632. The zero-order chi connectivity index (χ0) is 14.2. The van der Waals surface area contributed by atoms with Gasteiger partial charge in [-0.05, 0) is 32.6 Å². The fraction of sp³-hybridized carbons (Fsp3) is 0.714. The van der Waals surface area contributed by atoms with E-state index < -0.39 is 5.60 Å². The van der Waals surface area contributed by atoms with Crippen LogP contribution in [0.2, 0.25) is 0 Å². The van der Waals surface area contributed by atoms with Gasteiger partial charge in [0.2, 0.25) is 0 Å². The number of cyclic esters (lactones) is 1. The van der Waals surface area contributed by atoms with Gasteiger partial charge >= 0.3 is 12.1 Å². The van der Waals surface area contributed by atoms with Gasteiger partial charge in [-0.3, -0.25) is 9.69 Å². The van der Waals surface area contributed by atoms with Crippen molar-refractivity contribution in [3.8, 4) is 0 Å². The summed E-state index contributed by atoms with van der Waals surface area (Å²) in [5.41, 5.74) is -0.533. The number of hydrogen-bond acceptors (Lipinski definition) is 4. The van der Waals surface area contributed by atoms with Crippen molar-refractivity contribution in [3.05, 3.63) is 12.3 Å². The van der Waals surface area contributed by atoms with Crippen molar-refractivity contribution in [1.82, 2.24) is 4.90 Å². The first-order valence-electron chi connectivity index (χ1n) is 6.63. The second-order valence-corrected chi connectivity index (χ2v) is 6.21. The highest BCUT2D eigenvalue weighted by Gasteiger charge is 2.42. The van der Waals surface area contributed by atoms with Gasteiger partial charge in [0.25, 0.3) is 0 Å². The first kappa shape index (κ1) is 13.9. The summed E-state index contributed by atoms with van der Waals surface area (Å²) in [6.45, 7) is 7.80. The summed E-state index contributed by atoms with van der Waals surface area (Å²) in [5, 5.41) is 0. The summed E-state index contributed by atoms with van der Waals surface area (Å²) in [7, 11) is 0. The van der Waals surface area contributed by atoms with E-state index in [9.17, 15) is 9.59 Å². The Morgan fingerprint density at radius 1 is 1.47 bits per heavy atom. The van der Waals surface area contributed by atoms with Crippen molar-refractivity contribution >= 4 is 12.1 Å². The van der Waals surface area contributed by atoms with Crippen LogP contribution in [0.4, 0.5) is 4.79 Å². The summed E-state index contributed by atoms with van der Waals surface area (Å²) in [6.07, 6.45) is 3.67. The Kier molecular flexibility index (Phi) is 3.56. The van der Waals surface area contributed by atoms with Crippen LogP contribution in [0, 0.1) is 11.8 Å². The number of allylic oxidation sites excluding steroid dienone is 1. The highest BCUT2D eigenvalue weighted by molar-refractivity contribution is 5.73. The van der Waals surface area contributed by atoms with Crippen LogP contribution in [0.25, 0.3) is 0 Å². The normalized spacial score (nSPS) is 30.6.